The molecule has 11 heavy (non-hydrogen) atoms. The molecule has 3 nitrogen and oxygen atoms in total. The van der Waals surface area contributed by atoms with Crippen LogP contribution in [0.3, 0.4) is 0 Å². The van der Waals surface area contributed by atoms with Crippen LogP contribution in [0.1, 0.15) is 25.5 Å². The molecule has 1 atom stereocenters. The number of nitrogens with zero attached hydrogens (tertiary/aromatic N) is 3. The van der Waals surface area contributed by atoms with Crippen molar-refractivity contribution < 1.29 is 0 Å². The van der Waals surface area contributed by atoms with E-state index in [1.165, 1.54) is 0 Å². The molecule has 1 aromatic heterocycles. The van der Waals surface area contributed by atoms with E-state index >= 15 is 0 Å². The van der Waals surface area contributed by atoms with Gasteiger partial charge in [-0.15, -0.1) is 0 Å². The van der Waals surface area contributed by atoms with Crippen molar-refractivity contribution in [3.05, 3.63) is 29.4 Å². The van der Waals surface area contributed by atoms with E-state index in [4.69, 9.17) is 6.57 Å². The predicted octanol–water partition coefficient (Wildman–Crippen LogP) is 1.88. The number of aromatic nitrogens is 2. The summed E-state index contributed by atoms with van der Waals surface area (Å²) in [5.41, 5.74) is 1.00. The highest BCUT2D eigenvalue weighted by atomic mass is 15.3. The van der Waals surface area contributed by atoms with E-state index in [0.717, 1.165) is 12.1 Å². The van der Waals surface area contributed by atoms with Gasteiger partial charge in [0, 0.05) is 19.7 Å². The van der Waals surface area contributed by atoms with Crippen LogP contribution < -0.4 is 0 Å². The van der Waals surface area contributed by atoms with Crippen LogP contribution in [0.15, 0.2) is 12.4 Å². The van der Waals surface area contributed by atoms with Crippen LogP contribution in [-0.4, -0.2) is 9.78 Å². The highest BCUT2D eigenvalue weighted by molar-refractivity contribution is 5.12. The quantitative estimate of drug-likeness (QED) is 0.588. The summed E-state index contributed by atoms with van der Waals surface area (Å²) in [4.78, 5) is 3.40. The molecule has 1 rings (SSSR count). The fourth-order valence-corrected chi connectivity index (χ4v) is 0.843. The van der Waals surface area contributed by atoms with Gasteiger partial charge < -0.3 is 4.85 Å². The summed E-state index contributed by atoms with van der Waals surface area (Å²) in [6, 6.07) is -0.0599. The lowest BCUT2D eigenvalue weighted by Gasteiger charge is -1.92. The Morgan fingerprint density at radius 2 is 2.55 bits per heavy atom. The zero-order valence-electron chi connectivity index (χ0n) is 6.78. The Morgan fingerprint density at radius 3 is 3.00 bits per heavy atom. The van der Waals surface area contributed by atoms with Crippen LogP contribution in [0.5, 0.6) is 0 Å². The van der Waals surface area contributed by atoms with Gasteiger partial charge >= 0.3 is 0 Å². The Morgan fingerprint density at radius 1 is 1.82 bits per heavy atom. The van der Waals surface area contributed by atoms with Gasteiger partial charge in [0.2, 0.25) is 6.04 Å². The molecule has 1 unspecified atom stereocenters. The van der Waals surface area contributed by atoms with E-state index in [9.17, 15) is 0 Å². The number of hydrogen-bond acceptors (Lipinski definition) is 1. The van der Waals surface area contributed by atoms with Gasteiger partial charge in [0.05, 0.1) is 11.8 Å². The molecule has 0 amide bonds. The first kappa shape index (κ1) is 7.80. The fourth-order valence-electron chi connectivity index (χ4n) is 0.843. The Kier molecular flexibility index (Phi) is 2.27. The van der Waals surface area contributed by atoms with Crippen molar-refractivity contribution in [3.8, 4) is 0 Å². The Labute approximate surface area is 66.5 Å². The van der Waals surface area contributed by atoms with Gasteiger partial charge in [-0.25, -0.2) is 6.57 Å². The molecule has 0 saturated carbocycles. The van der Waals surface area contributed by atoms with Crippen LogP contribution in [-0.2, 0) is 6.54 Å². The van der Waals surface area contributed by atoms with Crippen LogP contribution in [0.4, 0.5) is 0 Å². The number of hydrogen-bond donors (Lipinski definition) is 0. The number of rotatable bonds is 2. The Bertz CT molecular complexity index is 269. The molecule has 0 saturated heterocycles. The first-order valence-corrected chi connectivity index (χ1v) is 3.66. The maximum Gasteiger partial charge on any atom is 0.249 e. The summed E-state index contributed by atoms with van der Waals surface area (Å²) in [5, 5.41) is 4.08. The van der Waals surface area contributed by atoms with Gasteiger partial charge in [0.25, 0.3) is 0 Å². The van der Waals surface area contributed by atoms with Crippen LogP contribution >= 0.6 is 0 Å². The predicted molar refractivity (Wildman–Crippen MR) is 42.9 cm³/mol. The SMILES string of the molecule is [C-]#[N+]C(C)c1cnn(CC)c1. The monoisotopic (exact) mass is 149 g/mol. The third-order valence-electron chi connectivity index (χ3n) is 1.65. The molecule has 1 aromatic rings. The largest absolute Gasteiger partial charge is 0.309 e. The molecule has 3 heteroatoms. The molecule has 0 bridgehead atoms. The van der Waals surface area contributed by atoms with Crippen LogP contribution in [0, 0.1) is 6.57 Å². The first-order chi connectivity index (χ1) is 5.27. The summed E-state index contributed by atoms with van der Waals surface area (Å²) >= 11 is 0. The van der Waals surface area contributed by atoms with Gasteiger partial charge in [0.1, 0.15) is 0 Å². The zero-order chi connectivity index (χ0) is 8.27. The minimum absolute atomic E-state index is 0.0599. The zero-order valence-corrected chi connectivity index (χ0v) is 6.78. The molecular weight excluding hydrogens is 138 g/mol. The molecular formula is C8H11N3. The smallest absolute Gasteiger partial charge is 0.249 e. The van der Waals surface area contributed by atoms with Gasteiger partial charge in [-0.2, -0.15) is 5.10 Å². The molecule has 0 aliphatic heterocycles. The van der Waals surface area contributed by atoms with Crippen molar-refractivity contribution in [2.24, 2.45) is 0 Å². The van der Waals surface area contributed by atoms with Crippen molar-refractivity contribution in [2.75, 3.05) is 0 Å². The topological polar surface area (TPSA) is 22.2 Å². The average molecular weight is 149 g/mol. The van der Waals surface area contributed by atoms with E-state index in [-0.39, 0.29) is 6.04 Å². The van der Waals surface area contributed by atoms with Gasteiger partial charge in [0.15, 0.2) is 0 Å². The first-order valence-electron chi connectivity index (χ1n) is 3.66. The van der Waals surface area contributed by atoms with E-state index in [1.54, 1.807) is 6.20 Å². The Hall–Kier alpha value is -1.30. The normalized spacial score (nSPS) is 12.5. The lowest BCUT2D eigenvalue weighted by atomic mass is 10.2. The highest BCUT2D eigenvalue weighted by Gasteiger charge is 2.09. The van der Waals surface area contributed by atoms with Gasteiger partial charge in [-0.1, -0.05) is 0 Å². The van der Waals surface area contributed by atoms with Crippen LogP contribution in [0.2, 0.25) is 0 Å². The maximum absolute atomic E-state index is 6.80. The second kappa shape index (κ2) is 3.20. The minimum atomic E-state index is -0.0599. The molecule has 0 fully saturated rings. The molecule has 1 heterocycles. The van der Waals surface area contributed by atoms with Gasteiger partial charge in [-0.3, -0.25) is 4.68 Å². The molecule has 0 radical (unpaired) electrons. The highest BCUT2D eigenvalue weighted by Crippen LogP contribution is 2.14. The molecule has 0 aliphatic carbocycles. The lowest BCUT2D eigenvalue weighted by molar-refractivity contribution is 0.659. The van der Waals surface area contributed by atoms with Gasteiger partial charge in [-0.05, 0) is 6.92 Å². The summed E-state index contributed by atoms with van der Waals surface area (Å²) < 4.78 is 1.83. The third-order valence-corrected chi connectivity index (χ3v) is 1.65. The third kappa shape index (κ3) is 1.58. The molecule has 58 valence electrons. The lowest BCUT2D eigenvalue weighted by Crippen LogP contribution is -1.92. The van der Waals surface area contributed by atoms with E-state index in [2.05, 4.69) is 9.94 Å². The number of aryl methyl sites for hydroxylation is 1. The fraction of sp³-hybridized carbons (Fsp3) is 0.500. The van der Waals surface area contributed by atoms with E-state index < -0.39 is 0 Å². The second-order valence-electron chi connectivity index (χ2n) is 2.43. The molecule has 0 spiro atoms. The van der Waals surface area contributed by atoms with Crippen LogP contribution in [0.25, 0.3) is 4.85 Å². The van der Waals surface area contributed by atoms with Crippen molar-refractivity contribution in [3.63, 3.8) is 0 Å². The van der Waals surface area contributed by atoms with E-state index in [1.807, 2.05) is 24.7 Å². The molecule has 0 aliphatic rings. The average Bonchev–Trinajstić information content (AvgIpc) is 2.50. The maximum atomic E-state index is 6.80. The van der Waals surface area contributed by atoms with E-state index in [0.29, 0.717) is 0 Å². The summed E-state index contributed by atoms with van der Waals surface area (Å²) in [6.45, 7) is 11.6. The second-order valence-corrected chi connectivity index (χ2v) is 2.43. The molecule has 0 aromatic carbocycles. The van der Waals surface area contributed by atoms with Crippen molar-refractivity contribution in [2.45, 2.75) is 26.4 Å². The summed E-state index contributed by atoms with van der Waals surface area (Å²) in [6.07, 6.45) is 3.68. The molecule has 0 N–H and O–H groups in total. The van der Waals surface area contributed by atoms with Crippen molar-refractivity contribution >= 4 is 0 Å². The summed E-state index contributed by atoms with van der Waals surface area (Å²) in [5.74, 6) is 0. The van der Waals surface area contributed by atoms with Crippen molar-refractivity contribution in [1.29, 1.82) is 0 Å². The summed E-state index contributed by atoms with van der Waals surface area (Å²) in [7, 11) is 0. The minimum Gasteiger partial charge on any atom is -0.309 e. The Balaban J connectivity index is 2.82. The van der Waals surface area contributed by atoms with Crippen molar-refractivity contribution in [1.82, 2.24) is 9.78 Å². The standard InChI is InChI=1S/C8H11N3/c1-4-11-6-8(5-10-11)7(2)9-3/h5-7H,4H2,1-2H3.